The molecule has 0 amide bonds. The largest absolute Gasteiger partial charge is 0.396 e. The minimum Gasteiger partial charge on any atom is -0.396 e. The third kappa shape index (κ3) is 2.58. The minimum absolute atomic E-state index is 0.0872. The summed E-state index contributed by atoms with van der Waals surface area (Å²) >= 11 is 0. The Morgan fingerprint density at radius 3 is 2.45 bits per heavy atom. The van der Waals surface area contributed by atoms with Crippen molar-refractivity contribution in [1.82, 2.24) is 10.2 Å². The third-order valence-corrected chi connectivity index (χ3v) is 5.57. The summed E-state index contributed by atoms with van der Waals surface area (Å²) in [6.45, 7) is 6.50. The van der Waals surface area contributed by atoms with E-state index in [1.165, 1.54) is 16.7 Å². The summed E-state index contributed by atoms with van der Waals surface area (Å²) in [6, 6.07) is 6.97. The number of aryl methyl sites for hydroxylation is 2. The van der Waals surface area contributed by atoms with Crippen LogP contribution in [0.1, 0.15) is 29.2 Å². The number of nitrogens with one attached hydrogen (secondary N) is 1. The zero-order valence-corrected chi connectivity index (χ0v) is 13.8. The molecule has 122 valence electrons. The van der Waals surface area contributed by atoms with Gasteiger partial charge < -0.3 is 20.4 Å². The molecule has 0 saturated carbocycles. The van der Waals surface area contributed by atoms with Crippen LogP contribution in [0, 0.1) is 25.7 Å². The molecule has 2 aliphatic rings. The smallest absolute Gasteiger partial charge is 0.0617 e. The fourth-order valence-electron chi connectivity index (χ4n) is 4.70. The van der Waals surface area contributed by atoms with Gasteiger partial charge in [-0.1, -0.05) is 29.3 Å². The summed E-state index contributed by atoms with van der Waals surface area (Å²) < 4.78 is 0. The van der Waals surface area contributed by atoms with E-state index in [4.69, 9.17) is 0 Å². The highest BCUT2D eigenvalue weighted by Crippen LogP contribution is 2.48. The van der Waals surface area contributed by atoms with Crippen LogP contribution >= 0.6 is 0 Å². The van der Waals surface area contributed by atoms with Crippen LogP contribution in [0.2, 0.25) is 0 Å². The first kappa shape index (κ1) is 15.9. The van der Waals surface area contributed by atoms with Gasteiger partial charge in [0.15, 0.2) is 0 Å². The number of nitrogens with zero attached hydrogens (tertiary/aromatic N) is 1. The molecule has 0 aliphatic carbocycles. The van der Waals surface area contributed by atoms with E-state index in [0.717, 1.165) is 13.1 Å². The Morgan fingerprint density at radius 2 is 1.86 bits per heavy atom. The summed E-state index contributed by atoms with van der Waals surface area (Å²) in [6.07, 6.45) is 0.611. The number of likely N-dealkylation sites (tertiary alicyclic amines) is 1. The van der Waals surface area contributed by atoms with Crippen molar-refractivity contribution in [2.75, 3.05) is 33.4 Å². The van der Waals surface area contributed by atoms with Gasteiger partial charge >= 0.3 is 0 Å². The van der Waals surface area contributed by atoms with Crippen molar-refractivity contribution in [2.45, 2.75) is 31.8 Å². The molecular weight excluding hydrogens is 276 g/mol. The van der Waals surface area contributed by atoms with Gasteiger partial charge in [0.1, 0.15) is 0 Å². The Balaban J connectivity index is 1.98. The Kier molecular flexibility index (Phi) is 4.29. The van der Waals surface area contributed by atoms with Crippen molar-refractivity contribution < 1.29 is 10.2 Å². The number of aliphatic hydroxyl groups excluding tert-OH is 2. The van der Waals surface area contributed by atoms with E-state index in [2.05, 4.69) is 49.3 Å². The van der Waals surface area contributed by atoms with Crippen molar-refractivity contribution >= 4 is 0 Å². The lowest BCUT2D eigenvalue weighted by Gasteiger charge is -2.33. The predicted molar refractivity (Wildman–Crippen MR) is 87.8 cm³/mol. The molecule has 1 aromatic carbocycles. The molecule has 1 aromatic rings. The summed E-state index contributed by atoms with van der Waals surface area (Å²) in [4.78, 5) is 2.35. The first-order valence-corrected chi connectivity index (χ1v) is 8.25. The molecule has 3 rings (SSSR count). The molecule has 2 heterocycles. The Hall–Kier alpha value is -0.940. The lowest BCUT2D eigenvalue weighted by Crippen LogP contribution is -2.51. The summed E-state index contributed by atoms with van der Waals surface area (Å²) in [5.41, 5.74) is 3.52. The number of benzene rings is 1. The molecule has 4 atom stereocenters. The van der Waals surface area contributed by atoms with E-state index < -0.39 is 0 Å². The first-order chi connectivity index (χ1) is 10.5. The second kappa shape index (κ2) is 5.93. The second-order valence-corrected chi connectivity index (χ2v) is 7.32. The molecule has 2 fully saturated rings. The number of hydrogen-bond acceptors (Lipinski definition) is 4. The fraction of sp³-hybridized carbons (Fsp3) is 0.667. The number of hydrogen-bond donors (Lipinski definition) is 3. The number of aliphatic hydroxyl groups is 2. The van der Waals surface area contributed by atoms with Gasteiger partial charge in [0.05, 0.1) is 6.61 Å². The van der Waals surface area contributed by atoms with Gasteiger partial charge in [-0.2, -0.15) is 0 Å². The molecular formula is C18H28N2O2. The lowest BCUT2D eigenvalue weighted by molar-refractivity contribution is 0.0993. The highest BCUT2D eigenvalue weighted by atomic mass is 16.3. The van der Waals surface area contributed by atoms with Crippen LogP contribution in [0.3, 0.4) is 0 Å². The highest BCUT2D eigenvalue weighted by Gasteiger charge is 2.55. The Bertz CT molecular complexity index is 528. The summed E-state index contributed by atoms with van der Waals surface area (Å²) in [5.74, 6) is 0.880. The molecule has 4 heteroatoms. The molecule has 0 aromatic heterocycles. The summed E-state index contributed by atoms with van der Waals surface area (Å²) in [5, 5.41) is 23.3. The van der Waals surface area contributed by atoms with Crippen LogP contribution in [0.4, 0.5) is 0 Å². The maximum absolute atomic E-state index is 10.1. The van der Waals surface area contributed by atoms with Gasteiger partial charge in [0.25, 0.3) is 0 Å². The molecule has 22 heavy (non-hydrogen) atoms. The molecule has 0 radical (unpaired) electrons. The van der Waals surface area contributed by atoms with E-state index in [9.17, 15) is 10.2 Å². The maximum Gasteiger partial charge on any atom is 0.0617 e. The van der Waals surface area contributed by atoms with E-state index in [1.54, 1.807) is 0 Å². The van der Waals surface area contributed by atoms with E-state index >= 15 is 0 Å². The first-order valence-electron chi connectivity index (χ1n) is 8.25. The second-order valence-electron chi connectivity index (χ2n) is 7.32. The normalized spacial score (nSPS) is 35.0. The quantitative estimate of drug-likeness (QED) is 0.783. The zero-order valence-electron chi connectivity index (χ0n) is 13.8. The van der Waals surface area contributed by atoms with Gasteiger partial charge in [0, 0.05) is 31.3 Å². The standard InChI is InChI=1S/C18H28N2O2/c1-12-6-13(2)8-14(7-12)17-15-9-20(3)10-16(15)18(11-22,19-17)4-5-21/h6-8,15-17,19,21-22H,4-5,9-11H2,1-3H3/t15-,16+,17-,18+/m1/s1. The van der Waals surface area contributed by atoms with Gasteiger partial charge in [-0.25, -0.2) is 0 Å². The number of fused-ring (bicyclic) bond motifs is 1. The van der Waals surface area contributed by atoms with Crippen LogP contribution in [0.15, 0.2) is 18.2 Å². The third-order valence-electron chi connectivity index (χ3n) is 5.57. The van der Waals surface area contributed by atoms with Gasteiger partial charge in [0.2, 0.25) is 0 Å². The van der Waals surface area contributed by atoms with Crippen LogP contribution in [0.25, 0.3) is 0 Å². The Labute approximate surface area is 133 Å². The molecule has 0 bridgehead atoms. The van der Waals surface area contributed by atoms with Crippen molar-refractivity contribution in [1.29, 1.82) is 0 Å². The maximum atomic E-state index is 10.1. The molecule has 4 nitrogen and oxygen atoms in total. The van der Waals surface area contributed by atoms with E-state index in [-0.39, 0.29) is 24.8 Å². The SMILES string of the molecule is Cc1cc(C)cc([C@H]2N[C@](CO)(CCO)[C@H]3CN(C)C[C@@H]23)c1. The van der Waals surface area contributed by atoms with Crippen molar-refractivity contribution in [3.8, 4) is 0 Å². The summed E-state index contributed by atoms with van der Waals surface area (Å²) in [7, 11) is 2.15. The number of rotatable bonds is 4. The Morgan fingerprint density at radius 1 is 1.18 bits per heavy atom. The fourth-order valence-corrected chi connectivity index (χ4v) is 4.70. The van der Waals surface area contributed by atoms with Gasteiger partial charge in [-0.15, -0.1) is 0 Å². The van der Waals surface area contributed by atoms with Gasteiger partial charge in [-0.05, 0) is 44.7 Å². The molecule has 3 N–H and O–H groups in total. The predicted octanol–water partition coefficient (Wildman–Crippen LogP) is 1.24. The van der Waals surface area contributed by atoms with E-state index in [1.807, 2.05) is 0 Å². The average Bonchev–Trinajstić information content (AvgIpc) is 2.96. The molecule has 0 spiro atoms. The van der Waals surface area contributed by atoms with Crippen molar-refractivity contribution in [2.24, 2.45) is 11.8 Å². The van der Waals surface area contributed by atoms with Crippen molar-refractivity contribution in [3.63, 3.8) is 0 Å². The monoisotopic (exact) mass is 304 g/mol. The van der Waals surface area contributed by atoms with Crippen LogP contribution in [-0.2, 0) is 0 Å². The molecule has 0 unspecified atom stereocenters. The van der Waals surface area contributed by atoms with Crippen LogP contribution < -0.4 is 5.32 Å². The highest BCUT2D eigenvalue weighted by molar-refractivity contribution is 5.33. The average molecular weight is 304 g/mol. The minimum atomic E-state index is -0.355. The molecule has 2 saturated heterocycles. The lowest BCUT2D eigenvalue weighted by atomic mass is 9.78. The van der Waals surface area contributed by atoms with E-state index in [0.29, 0.717) is 18.3 Å². The van der Waals surface area contributed by atoms with Crippen LogP contribution in [0.5, 0.6) is 0 Å². The topological polar surface area (TPSA) is 55.7 Å². The zero-order chi connectivity index (χ0) is 15.9. The van der Waals surface area contributed by atoms with Crippen molar-refractivity contribution in [3.05, 3.63) is 34.9 Å². The van der Waals surface area contributed by atoms with Gasteiger partial charge in [-0.3, -0.25) is 0 Å². The molecule has 2 aliphatic heterocycles. The van der Waals surface area contributed by atoms with Crippen LogP contribution in [-0.4, -0.2) is 54.0 Å².